The van der Waals surface area contributed by atoms with Crippen molar-refractivity contribution in [1.29, 1.82) is 0 Å². The van der Waals surface area contributed by atoms with Gasteiger partial charge >= 0.3 is 0 Å². The molecule has 2 nitrogen and oxygen atoms in total. The smallest absolute Gasteiger partial charge is 0.0615 e. The molecule has 0 atom stereocenters. The molecule has 14 heavy (non-hydrogen) atoms. The van der Waals surface area contributed by atoms with Gasteiger partial charge in [-0.2, -0.15) is 4.37 Å². The molecule has 0 saturated carbocycles. The van der Waals surface area contributed by atoms with Crippen molar-refractivity contribution >= 4 is 11.5 Å². The first-order valence-electron chi connectivity index (χ1n) is 5.42. The summed E-state index contributed by atoms with van der Waals surface area (Å²) in [4.78, 5) is 4.03. The van der Waals surface area contributed by atoms with Gasteiger partial charge in [0.1, 0.15) is 0 Å². The van der Waals surface area contributed by atoms with Crippen LogP contribution in [0, 0.1) is 0 Å². The van der Waals surface area contributed by atoms with E-state index in [0.29, 0.717) is 5.92 Å². The van der Waals surface area contributed by atoms with E-state index in [-0.39, 0.29) is 0 Å². The Morgan fingerprint density at radius 1 is 1.50 bits per heavy atom. The summed E-state index contributed by atoms with van der Waals surface area (Å²) in [6.45, 7) is 10.2. The SMILES string of the molecule is CCN1CCc2snc(C(C)C)c2C1. The summed E-state index contributed by atoms with van der Waals surface area (Å²) in [7, 11) is 0. The lowest BCUT2D eigenvalue weighted by Crippen LogP contribution is -2.29. The van der Waals surface area contributed by atoms with Crippen molar-refractivity contribution in [1.82, 2.24) is 9.27 Å². The van der Waals surface area contributed by atoms with Gasteiger partial charge in [-0.1, -0.05) is 20.8 Å². The Bertz CT molecular complexity index is 317. The summed E-state index contributed by atoms with van der Waals surface area (Å²) in [5.74, 6) is 0.576. The second-order valence-corrected chi connectivity index (χ2v) is 5.10. The minimum Gasteiger partial charge on any atom is -0.299 e. The molecule has 0 spiro atoms. The molecule has 1 aliphatic rings. The van der Waals surface area contributed by atoms with E-state index in [0.717, 1.165) is 13.1 Å². The third kappa shape index (κ3) is 1.71. The van der Waals surface area contributed by atoms with Gasteiger partial charge in [-0.15, -0.1) is 0 Å². The Labute approximate surface area is 90.1 Å². The summed E-state index contributed by atoms with van der Waals surface area (Å²) in [5, 5.41) is 0. The molecular formula is C11H18N2S. The van der Waals surface area contributed by atoms with E-state index in [1.165, 1.54) is 29.1 Å². The molecule has 78 valence electrons. The van der Waals surface area contributed by atoms with Gasteiger partial charge < -0.3 is 0 Å². The Hall–Kier alpha value is -0.410. The van der Waals surface area contributed by atoms with Crippen LogP contribution in [0.4, 0.5) is 0 Å². The normalized spacial score (nSPS) is 17.4. The highest BCUT2D eigenvalue weighted by atomic mass is 32.1. The van der Waals surface area contributed by atoms with E-state index in [1.807, 2.05) is 0 Å². The second-order valence-electron chi connectivity index (χ2n) is 4.24. The lowest BCUT2D eigenvalue weighted by Gasteiger charge is -2.25. The number of hydrogen-bond donors (Lipinski definition) is 0. The molecule has 0 aliphatic carbocycles. The molecule has 0 amide bonds. The minimum absolute atomic E-state index is 0.576. The zero-order chi connectivity index (χ0) is 10.1. The van der Waals surface area contributed by atoms with Crippen LogP contribution < -0.4 is 0 Å². The number of aromatic nitrogens is 1. The number of rotatable bonds is 2. The van der Waals surface area contributed by atoms with Crippen LogP contribution in [0.15, 0.2) is 0 Å². The van der Waals surface area contributed by atoms with Gasteiger partial charge in [0.25, 0.3) is 0 Å². The van der Waals surface area contributed by atoms with Crippen LogP contribution in [-0.2, 0) is 13.0 Å². The van der Waals surface area contributed by atoms with Crippen molar-refractivity contribution in [3.8, 4) is 0 Å². The zero-order valence-corrected chi connectivity index (χ0v) is 10.0. The molecule has 0 N–H and O–H groups in total. The van der Waals surface area contributed by atoms with E-state index >= 15 is 0 Å². The molecule has 0 fully saturated rings. The van der Waals surface area contributed by atoms with Crippen molar-refractivity contribution in [2.75, 3.05) is 13.1 Å². The zero-order valence-electron chi connectivity index (χ0n) is 9.21. The topological polar surface area (TPSA) is 16.1 Å². The molecule has 0 unspecified atom stereocenters. The monoisotopic (exact) mass is 210 g/mol. The fourth-order valence-electron chi connectivity index (χ4n) is 2.01. The standard InChI is InChI=1S/C11H18N2S/c1-4-13-6-5-10-9(7-13)11(8(2)3)12-14-10/h8H,4-7H2,1-3H3. The van der Waals surface area contributed by atoms with Gasteiger partial charge in [0.2, 0.25) is 0 Å². The Morgan fingerprint density at radius 2 is 2.29 bits per heavy atom. The first-order valence-corrected chi connectivity index (χ1v) is 6.19. The summed E-state index contributed by atoms with van der Waals surface area (Å²) in [6.07, 6.45) is 1.20. The number of nitrogens with zero attached hydrogens (tertiary/aromatic N) is 2. The first-order chi connectivity index (χ1) is 6.72. The van der Waals surface area contributed by atoms with Gasteiger partial charge in [0, 0.05) is 23.5 Å². The number of fused-ring (bicyclic) bond motifs is 1. The van der Waals surface area contributed by atoms with Gasteiger partial charge in [-0.25, -0.2) is 0 Å². The number of hydrogen-bond acceptors (Lipinski definition) is 3. The van der Waals surface area contributed by atoms with Crippen LogP contribution >= 0.6 is 11.5 Å². The van der Waals surface area contributed by atoms with Crippen LogP contribution in [0.2, 0.25) is 0 Å². The lowest BCUT2D eigenvalue weighted by molar-refractivity contribution is 0.268. The average Bonchev–Trinajstić information content (AvgIpc) is 2.59. The lowest BCUT2D eigenvalue weighted by atomic mass is 10.0. The minimum atomic E-state index is 0.576. The summed E-state index contributed by atoms with van der Waals surface area (Å²) in [6, 6.07) is 0. The fraction of sp³-hybridized carbons (Fsp3) is 0.727. The van der Waals surface area contributed by atoms with Crippen molar-refractivity contribution < 1.29 is 0 Å². The molecule has 3 heteroatoms. The first kappa shape index (κ1) is 10.1. The molecule has 0 bridgehead atoms. The van der Waals surface area contributed by atoms with Gasteiger partial charge in [-0.05, 0) is 30.4 Å². The maximum absolute atomic E-state index is 4.58. The maximum Gasteiger partial charge on any atom is 0.0615 e. The highest BCUT2D eigenvalue weighted by molar-refractivity contribution is 7.06. The predicted octanol–water partition coefficient (Wildman–Crippen LogP) is 2.64. The average molecular weight is 210 g/mol. The van der Waals surface area contributed by atoms with Crippen LogP contribution in [0.25, 0.3) is 0 Å². The predicted molar refractivity (Wildman–Crippen MR) is 60.9 cm³/mol. The molecule has 2 rings (SSSR count). The Morgan fingerprint density at radius 3 is 2.93 bits per heavy atom. The number of likely N-dealkylation sites (N-methyl/N-ethyl adjacent to an activating group) is 1. The van der Waals surface area contributed by atoms with Crippen LogP contribution in [0.5, 0.6) is 0 Å². The van der Waals surface area contributed by atoms with Gasteiger partial charge in [0.15, 0.2) is 0 Å². The molecule has 1 aliphatic heterocycles. The van der Waals surface area contributed by atoms with Crippen molar-refractivity contribution in [2.45, 2.75) is 39.7 Å². The largest absolute Gasteiger partial charge is 0.299 e. The molecule has 2 heterocycles. The fourth-order valence-corrected chi connectivity index (χ4v) is 3.00. The molecule has 1 aromatic rings. The summed E-state index contributed by atoms with van der Waals surface area (Å²) in [5.41, 5.74) is 2.86. The Balaban J connectivity index is 2.28. The highest BCUT2D eigenvalue weighted by Crippen LogP contribution is 2.29. The van der Waals surface area contributed by atoms with Gasteiger partial charge in [0.05, 0.1) is 5.69 Å². The molecule has 0 radical (unpaired) electrons. The van der Waals surface area contributed by atoms with Crippen molar-refractivity contribution in [3.63, 3.8) is 0 Å². The van der Waals surface area contributed by atoms with Gasteiger partial charge in [-0.3, -0.25) is 4.90 Å². The van der Waals surface area contributed by atoms with Crippen LogP contribution in [0.3, 0.4) is 0 Å². The van der Waals surface area contributed by atoms with Crippen LogP contribution in [-0.4, -0.2) is 22.4 Å². The Kier molecular flexibility index (Phi) is 2.88. The van der Waals surface area contributed by atoms with E-state index in [4.69, 9.17) is 0 Å². The second kappa shape index (κ2) is 3.99. The molecular weight excluding hydrogens is 192 g/mol. The van der Waals surface area contributed by atoms with E-state index < -0.39 is 0 Å². The third-order valence-electron chi connectivity index (χ3n) is 2.93. The van der Waals surface area contributed by atoms with Crippen molar-refractivity contribution in [3.05, 3.63) is 16.1 Å². The summed E-state index contributed by atoms with van der Waals surface area (Å²) < 4.78 is 4.58. The summed E-state index contributed by atoms with van der Waals surface area (Å²) >= 11 is 1.72. The van der Waals surface area contributed by atoms with E-state index in [9.17, 15) is 0 Å². The van der Waals surface area contributed by atoms with E-state index in [2.05, 4.69) is 30.0 Å². The van der Waals surface area contributed by atoms with Crippen LogP contribution in [0.1, 0.15) is 42.8 Å². The molecule has 1 aromatic heterocycles. The molecule has 0 aromatic carbocycles. The quantitative estimate of drug-likeness (QED) is 0.746. The van der Waals surface area contributed by atoms with Crippen molar-refractivity contribution in [2.24, 2.45) is 0 Å². The van der Waals surface area contributed by atoms with E-state index in [1.54, 1.807) is 11.5 Å². The molecule has 0 saturated heterocycles. The maximum atomic E-state index is 4.58. The third-order valence-corrected chi connectivity index (χ3v) is 3.89. The highest BCUT2D eigenvalue weighted by Gasteiger charge is 2.22.